The smallest absolute Gasteiger partial charge is 0.239 e. The Bertz CT molecular complexity index is 547. The SMILES string of the molecule is Cl.N#C[C@@H]1CSCN1C(=O)CN(N)C1CCN(CC(=O)NC2CC2)CC1. The molecule has 2 aliphatic heterocycles. The van der Waals surface area contributed by atoms with Crippen LogP contribution in [-0.4, -0.2) is 82.6 Å². The molecule has 0 bridgehead atoms. The Morgan fingerprint density at radius 1 is 1.27 bits per heavy atom. The molecule has 1 aliphatic carbocycles. The molecule has 0 aromatic heterocycles. The van der Waals surface area contributed by atoms with Gasteiger partial charge in [0.2, 0.25) is 11.8 Å². The van der Waals surface area contributed by atoms with Crippen molar-refractivity contribution in [2.24, 2.45) is 5.84 Å². The third-order valence-electron chi connectivity index (χ3n) is 5.01. The fourth-order valence-electron chi connectivity index (χ4n) is 3.28. The van der Waals surface area contributed by atoms with Gasteiger partial charge in [-0.25, -0.2) is 5.01 Å². The molecule has 2 amide bonds. The van der Waals surface area contributed by atoms with Gasteiger partial charge in [0, 0.05) is 30.9 Å². The first-order valence-electron chi connectivity index (χ1n) is 8.86. The molecule has 1 saturated carbocycles. The zero-order valence-electron chi connectivity index (χ0n) is 14.8. The zero-order valence-corrected chi connectivity index (χ0v) is 16.4. The molecule has 3 rings (SSSR count). The lowest BCUT2D eigenvalue weighted by molar-refractivity contribution is -0.132. The second-order valence-electron chi connectivity index (χ2n) is 7.03. The number of thioether (sulfide) groups is 1. The lowest BCUT2D eigenvalue weighted by Crippen LogP contribution is -2.53. The van der Waals surface area contributed by atoms with E-state index in [0.717, 1.165) is 38.8 Å². The van der Waals surface area contributed by atoms with Crippen molar-refractivity contribution in [3.63, 3.8) is 0 Å². The molecule has 0 spiro atoms. The molecule has 1 atom stereocenters. The number of halogens is 1. The van der Waals surface area contributed by atoms with Gasteiger partial charge in [0.05, 0.1) is 25.0 Å². The summed E-state index contributed by atoms with van der Waals surface area (Å²) in [6.45, 7) is 2.21. The first-order chi connectivity index (χ1) is 12.1. The summed E-state index contributed by atoms with van der Waals surface area (Å²) in [5.74, 6) is 7.39. The highest BCUT2D eigenvalue weighted by atomic mass is 35.5. The molecular formula is C16H27ClN6O2S. The number of carbonyl (C=O) groups is 2. The van der Waals surface area contributed by atoms with E-state index < -0.39 is 0 Å². The van der Waals surface area contributed by atoms with Crippen molar-refractivity contribution in [1.29, 1.82) is 5.26 Å². The van der Waals surface area contributed by atoms with Gasteiger partial charge in [0.1, 0.15) is 6.04 Å². The fraction of sp³-hybridized carbons (Fsp3) is 0.812. The summed E-state index contributed by atoms with van der Waals surface area (Å²) >= 11 is 1.60. The van der Waals surface area contributed by atoms with Crippen LogP contribution in [0.1, 0.15) is 25.7 Å². The van der Waals surface area contributed by atoms with Crippen molar-refractivity contribution in [3.8, 4) is 6.07 Å². The summed E-state index contributed by atoms with van der Waals surface area (Å²) in [6, 6.07) is 2.38. The topological polar surface area (TPSA) is 106 Å². The van der Waals surface area contributed by atoms with Gasteiger partial charge >= 0.3 is 0 Å². The molecule has 3 N–H and O–H groups in total. The van der Waals surface area contributed by atoms with E-state index in [4.69, 9.17) is 11.1 Å². The highest BCUT2D eigenvalue weighted by Crippen LogP contribution is 2.21. The van der Waals surface area contributed by atoms with Crippen molar-refractivity contribution in [2.75, 3.05) is 37.8 Å². The number of nitrogens with one attached hydrogen (secondary N) is 1. The molecule has 8 nitrogen and oxygen atoms in total. The monoisotopic (exact) mass is 402 g/mol. The van der Waals surface area contributed by atoms with Crippen LogP contribution in [0.2, 0.25) is 0 Å². The second-order valence-corrected chi connectivity index (χ2v) is 8.03. The summed E-state index contributed by atoms with van der Waals surface area (Å²) < 4.78 is 0. The third kappa shape index (κ3) is 5.72. The number of nitrogens with two attached hydrogens (primary N) is 1. The van der Waals surface area contributed by atoms with Crippen LogP contribution in [0.15, 0.2) is 0 Å². The van der Waals surface area contributed by atoms with Crippen LogP contribution >= 0.6 is 24.2 Å². The van der Waals surface area contributed by atoms with E-state index in [1.54, 1.807) is 21.7 Å². The molecule has 3 fully saturated rings. The van der Waals surface area contributed by atoms with E-state index in [1.807, 2.05) is 0 Å². The molecule has 0 radical (unpaired) electrons. The molecule has 2 saturated heterocycles. The lowest BCUT2D eigenvalue weighted by atomic mass is 10.0. The van der Waals surface area contributed by atoms with Crippen LogP contribution in [0.4, 0.5) is 0 Å². The number of carbonyl (C=O) groups excluding carboxylic acids is 2. The van der Waals surface area contributed by atoms with Crippen LogP contribution in [0.3, 0.4) is 0 Å². The van der Waals surface area contributed by atoms with Gasteiger partial charge in [-0.1, -0.05) is 0 Å². The first kappa shape index (κ1) is 21.3. The van der Waals surface area contributed by atoms with Gasteiger partial charge < -0.3 is 10.2 Å². The summed E-state index contributed by atoms with van der Waals surface area (Å²) in [6.07, 6.45) is 3.89. The molecular weight excluding hydrogens is 376 g/mol. The number of likely N-dealkylation sites (tertiary alicyclic amines) is 1. The second kappa shape index (κ2) is 9.76. The molecule has 0 unspecified atom stereocenters. The third-order valence-corrected chi connectivity index (χ3v) is 6.02. The van der Waals surface area contributed by atoms with Crippen LogP contribution in [0.5, 0.6) is 0 Å². The maximum Gasteiger partial charge on any atom is 0.239 e. The number of hydrazine groups is 1. The Morgan fingerprint density at radius 2 is 1.96 bits per heavy atom. The molecule has 26 heavy (non-hydrogen) atoms. The highest BCUT2D eigenvalue weighted by Gasteiger charge is 2.32. The molecule has 10 heteroatoms. The summed E-state index contributed by atoms with van der Waals surface area (Å²) in [7, 11) is 0. The van der Waals surface area contributed by atoms with Crippen LogP contribution in [0, 0.1) is 11.3 Å². The van der Waals surface area contributed by atoms with Crippen LogP contribution in [-0.2, 0) is 9.59 Å². The van der Waals surface area contributed by atoms with Gasteiger partial charge in [-0.3, -0.25) is 20.3 Å². The van der Waals surface area contributed by atoms with Crippen molar-refractivity contribution < 1.29 is 9.59 Å². The van der Waals surface area contributed by atoms with E-state index in [-0.39, 0.29) is 42.8 Å². The maximum atomic E-state index is 12.4. The van der Waals surface area contributed by atoms with Gasteiger partial charge in [-0.15, -0.1) is 24.2 Å². The Labute approximate surface area is 164 Å². The van der Waals surface area contributed by atoms with Crippen molar-refractivity contribution in [2.45, 2.75) is 43.8 Å². The molecule has 146 valence electrons. The summed E-state index contributed by atoms with van der Waals surface area (Å²) in [4.78, 5) is 28.0. The first-order valence-corrected chi connectivity index (χ1v) is 10.0. The van der Waals surface area contributed by atoms with Crippen LogP contribution in [0.25, 0.3) is 0 Å². The number of rotatable bonds is 6. The average Bonchev–Trinajstić information content (AvgIpc) is 3.27. The van der Waals surface area contributed by atoms with Gasteiger partial charge in [0.15, 0.2) is 0 Å². The van der Waals surface area contributed by atoms with E-state index in [2.05, 4.69) is 16.3 Å². The van der Waals surface area contributed by atoms with Crippen molar-refractivity contribution >= 4 is 36.0 Å². The minimum atomic E-state index is -0.335. The predicted octanol–water partition coefficient (Wildman–Crippen LogP) is -0.248. The minimum Gasteiger partial charge on any atom is -0.352 e. The normalized spacial score (nSPS) is 24.2. The minimum absolute atomic E-state index is 0. The summed E-state index contributed by atoms with van der Waals surface area (Å²) in [5.41, 5.74) is 0. The maximum absolute atomic E-state index is 12.4. The fourth-order valence-corrected chi connectivity index (χ4v) is 4.39. The number of nitriles is 1. The van der Waals surface area contributed by atoms with E-state index in [0.29, 0.717) is 24.2 Å². The molecule has 0 aromatic rings. The van der Waals surface area contributed by atoms with Gasteiger partial charge in [0.25, 0.3) is 0 Å². The quantitative estimate of drug-likeness (QED) is 0.466. The Balaban J connectivity index is 0.00000243. The van der Waals surface area contributed by atoms with Gasteiger partial charge in [-0.2, -0.15) is 5.26 Å². The highest BCUT2D eigenvalue weighted by molar-refractivity contribution is 7.99. The zero-order chi connectivity index (χ0) is 17.8. The summed E-state index contributed by atoms with van der Waals surface area (Å²) in [5, 5.41) is 13.7. The van der Waals surface area contributed by atoms with Crippen molar-refractivity contribution in [3.05, 3.63) is 0 Å². The average molecular weight is 403 g/mol. The molecule has 2 heterocycles. The van der Waals surface area contributed by atoms with E-state index in [9.17, 15) is 9.59 Å². The van der Waals surface area contributed by atoms with Gasteiger partial charge in [-0.05, 0) is 25.7 Å². The predicted molar refractivity (Wildman–Crippen MR) is 102 cm³/mol. The Kier molecular flexibility index (Phi) is 7.98. The lowest BCUT2D eigenvalue weighted by Gasteiger charge is -2.36. The Morgan fingerprint density at radius 3 is 2.58 bits per heavy atom. The van der Waals surface area contributed by atoms with E-state index >= 15 is 0 Å². The van der Waals surface area contributed by atoms with Crippen molar-refractivity contribution in [1.82, 2.24) is 20.1 Å². The number of piperidine rings is 1. The molecule has 3 aliphatic rings. The Hall–Kier alpha value is -1.05. The standard InChI is InChI=1S/C16H26N6O2S.ClH/c17-7-14-10-25-11-21(14)16(24)9-22(18)13-3-5-20(6-4-13)8-15(23)19-12-1-2-12;/h12-14H,1-6,8-11,18H2,(H,19,23);1H/t14-;/m1./s1. The van der Waals surface area contributed by atoms with E-state index in [1.165, 1.54) is 0 Å². The number of hydrogen-bond donors (Lipinski definition) is 2. The number of amides is 2. The van der Waals surface area contributed by atoms with Crippen LogP contribution < -0.4 is 11.2 Å². The largest absolute Gasteiger partial charge is 0.352 e. The number of nitrogens with zero attached hydrogens (tertiary/aromatic N) is 4. The molecule has 0 aromatic carbocycles. The number of hydrogen-bond acceptors (Lipinski definition) is 7.